The highest BCUT2D eigenvalue weighted by Crippen LogP contribution is 2.06. The second-order valence-corrected chi connectivity index (χ2v) is 4.60. The van der Waals surface area contributed by atoms with Crippen molar-refractivity contribution in [3.63, 3.8) is 0 Å². The van der Waals surface area contributed by atoms with Crippen LogP contribution in [-0.2, 0) is 6.42 Å². The molecule has 0 aliphatic carbocycles. The fourth-order valence-electron chi connectivity index (χ4n) is 1.92. The van der Waals surface area contributed by atoms with Crippen LogP contribution < -0.4 is 5.32 Å². The molecule has 0 amide bonds. The van der Waals surface area contributed by atoms with E-state index in [9.17, 15) is 5.11 Å². The zero-order valence-electron chi connectivity index (χ0n) is 11.0. The van der Waals surface area contributed by atoms with E-state index in [1.54, 1.807) is 0 Å². The molecule has 0 aromatic heterocycles. The monoisotopic (exact) mass is 235 g/mol. The van der Waals surface area contributed by atoms with Crippen LogP contribution in [-0.4, -0.2) is 23.8 Å². The van der Waals surface area contributed by atoms with Gasteiger partial charge in [-0.15, -0.1) is 0 Å². The Bertz CT molecular complexity index is 286. The lowest BCUT2D eigenvalue weighted by Gasteiger charge is -2.18. The van der Waals surface area contributed by atoms with Crippen LogP contribution in [0, 0.1) is 0 Å². The Morgan fingerprint density at radius 1 is 1.12 bits per heavy atom. The van der Waals surface area contributed by atoms with Crippen LogP contribution >= 0.6 is 0 Å². The lowest BCUT2D eigenvalue weighted by Crippen LogP contribution is -2.32. The van der Waals surface area contributed by atoms with Gasteiger partial charge in [0.1, 0.15) is 0 Å². The lowest BCUT2D eigenvalue weighted by atomic mass is 10.0. The molecule has 0 aliphatic heterocycles. The molecular weight excluding hydrogens is 210 g/mol. The first-order valence-electron chi connectivity index (χ1n) is 6.71. The van der Waals surface area contributed by atoms with Gasteiger partial charge in [-0.05, 0) is 37.8 Å². The number of aliphatic hydroxyl groups is 1. The number of hydrogen-bond acceptors (Lipinski definition) is 2. The van der Waals surface area contributed by atoms with E-state index < -0.39 is 0 Å². The minimum absolute atomic E-state index is 0.156. The average Bonchev–Trinajstić information content (AvgIpc) is 2.38. The third-order valence-electron chi connectivity index (χ3n) is 3.20. The van der Waals surface area contributed by atoms with E-state index in [0.29, 0.717) is 6.04 Å². The molecular formula is C15H25NO. The summed E-state index contributed by atoms with van der Waals surface area (Å²) < 4.78 is 0. The summed E-state index contributed by atoms with van der Waals surface area (Å²) in [5, 5.41) is 13.0. The van der Waals surface area contributed by atoms with Crippen molar-refractivity contribution in [1.29, 1.82) is 0 Å². The standard InChI is InChI=1S/C15H25NO/c1-3-14(16-11-10-15(17)4-2)12-13-8-6-5-7-9-13/h5-9,14-17H,3-4,10-12H2,1-2H3. The minimum Gasteiger partial charge on any atom is -0.393 e. The van der Waals surface area contributed by atoms with E-state index in [1.165, 1.54) is 5.56 Å². The minimum atomic E-state index is -0.156. The molecule has 2 atom stereocenters. The SMILES string of the molecule is CCC(O)CCNC(CC)Cc1ccccc1. The van der Waals surface area contributed by atoms with Crippen molar-refractivity contribution in [3.05, 3.63) is 35.9 Å². The number of benzene rings is 1. The van der Waals surface area contributed by atoms with E-state index in [-0.39, 0.29) is 6.10 Å². The number of aliphatic hydroxyl groups excluding tert-OH is 1. The predicted octanol–water partition coefficient (Wildman–Crippen LogP) is 2.76. The molecule has 0 heterocycles. The predicted molar refractivity (Wildman–Crippen MR) is 73.1 cm³/mol. The van der Waals surface area contributed by atoms with Gasteiger partial charge in [0.25, 0.3) is 0 Å². The Morgan fingerprint density at radius 3 is 2.41 bits per heavy atom. The van der Waals surface area contributed by atoms with Gasteiger partial charge in [0.05, 0.1) is 6.10 Å². The van der Waals surface area contributed by atoms with E-state index in [1.807, 2.05) is 6.92 Å². The van der Waals surface area contributed by atoms with Gasteiger partial charge in [0.15, 0.2) is 0 Å². The molecule has 2 heteroatoms. The van der Waals surface area contributed by atoms with Gasteiger partial charge in [0, 0.05) is 6.04 Å². The quantitative estimate of drug-likeness (QED) is 0.726. The van der Waals surface area contributed by atoms with E-state index >= 15 is 0 Å². The first-order chi connectivity index (χ1) is 8.26. The maximum absolute atomic E-state index is 9.49. The van der Waals surface area contributed by atoms with Gasteiger partial charge in [-0.3, -0.25) is 0 Å². The van der Waals surface area contributed by atoms with Crippen LogP contribution in [0.2, 0.25) is 0 Å². The maximum atomic E-state index is 9.49. The van der Waals surface area contributed by atoms with Crippen molar-refractivity contribution in [1.82, 2.24) is 5.32 Å². The second kappa shape index (κ2) is 8.26. The summed E-state index contributed by atoms with van der Waals surface area (Å²) in [5.41, 5.74) is 1.38. The van der Waals surface area contributed by atoms with Gasteiger partial charge >= 0.3 is 0 Å². The van der Waals surface area contributed by atoms with Crippen molar-refractivity contribution in [3.8, 4) is 0 Å². The molecule has 0 radical (unpaired) electrons. The fraction of sp³-hybridized carbons (Fsp3) is 0.600. The summed E-state index contributed by atoms with van der Waals surface area (Å²) in [6.45, 7) is 5.13. The third-order valence-corrected chi connectivity index (χ3v) is 3.20. The van der Waals surface area contributed by atoms with Crippen molar-refractivity contribution in [2.24, 2.45) is 0 Å². The first kappa shape index (κ1) is 14.2. The molecule has 2 unspecified atom stereocenters. The van der Waals surface area contributed by atoms with Gasteiger partial charge in [-0.25, -0.2) is 0 Å². The molecule has 0 saturated heterocycles. The molecule has 0 spiro atoms. The zero-order chi connectivity index (χ0) is 12.5. The van der Waals surface area contributed by atoms with Crippen molar-refractivity contribution >= 4 is 0 Å². The van der Waals surface area contributed by atoms with E-state index in [2.05, 4.69) is 42.6 Å². The number of nitrogens with one attached hydrogen (secondary N) is 1. The summed E-state index contributed by atoms with van der Waals surface area (Å²) in [6.07, 6.45) is 3.73. The maximum Gasteiger partial charge on any atom is 0.0549 e. The highest BCUT2D eigenvalue weighted by molar-refractivity contribution is 5.15. The van der Waals surface area contributed by atoms with E-state index in [4.69, 9.17) is 0 Å². The zero-order valence-corrected chi connectivity index (χ0v) is 11.0. The van der Waals surface area contributed by atoms with Crippen LogP contribution in [0.4, 0.5) is 0 Å². The topological polar surface area (TPSA) is 32.3 Å². The molecule has 2 N–H and O–H groups in total. The van der Waals surface area contributed by atoms with Gasteiger partial charge < -0.3 is 10.4 Å². The third kappa shape index (κ3) is 5.85. The van der Waals surface area contributed by atoms with Crippen LogP contribution in [0.5, 0.6) is 0 Å². The second-order valence-electron chi connectivity index (χ2n) is 4.60. The molecule has 0 bridgehead atoms. The first-order valence-corrected chi connectivity index (χ1v) is 6.71. The van der Waals surface area contributed by atoms with Crippen molar-refractivity contribution < 1.29 is 5.11 Å². The Morgan fingerprint density at radius 2 is 1.82 bits per heavy atom. The van der Waals surface area contributed by atoms with Crippen LogP contribution in [0.25, 0.3) is 0 Å². The van der Waals surface area contributed by atoms with Gasteiger partial charge in [-0.1, -0.05) is 44.2 Å². The molecule has 1 aromatic carbocycles. The number of rotatable bonds is 8. The van der Waals surface area contributed by atoms with Crippen molar-refractivity contribution in [2.45, 2.75) is 51.7 Å². The normalized spacial score (nSPS) is 14.5. The Labute approximate surface area is 105 Å². The molecule has 0 fully saturated rings. The van der Waals surface area contributed by atoms with Crippen LogP contribution in [0.1, 0.15) is 38.7 Å². The molecule has 2 nitrogen and oxygen atoms in total. The fourth-order valence-corrected chi connectivity index (χ4v) is 1.92. The van der Waals surface area contributed by atoms with Gasteiger partial charge in [-0.2, -0.15) is 0 Å². The summed E-state index contributed by atoms with van der Waals surface area (Å²) in [6, 6.07) is 11.1. The highest BCUT2D eigenvalue weighted by Gasteiger charge is 2.07. The summed E-state index contributed by atoms with van der Waals surface area (Å²) in [7, 11) is 0. The summed E-state index contributed by atoms with van der Waals surface area (Å²) in [4.78, 5) is 0. The average molecular weight is 235 g/mol. The molecule has 1 rings (SSSR count). The van der Waals surface area contributed by atoms with Crippen molar-refractivity contribution in [2.75, 3.05) is 6.54 Å². The van der Waals surface area contributed by atoms with Crippen LogP contribution in [0.15, 0.2) is 30.3 Å². The number of hydrogen-bond donors (Lipinski definition) is 2. The van der Waals surface area contributed by atoms with Crippen LogP contribution in [0.3, 0.4) is 0 Å². The lowest BCUT2D eigenvalue weighted by molar-refractivity contribution is 0.158. The smallest absolute Gasteiger partial charge is 0.0549 e. The molecule has 0 saturated carbocycles. The Kier molecular flexibility index (Phi) is 6.90. The largest absolute Gasteiger partial charge is 0.393 e. The molecule has 96 valence electrons. The van der Waals surface area contributed by atoms with E-state index in [0.717, 1.165) is 32.2 Å². The highest BCUT2D eigenvalue weighted by atomic mass is 16.3. The molecule has 1 aromatic rings. The summed E-state index contributed by atoms with van der Waals surface area (Å²) >= 11 is 0. The molecule has 17 heavy (non-hydrogen) atoms. The van der Waals surface area contributed by atoms with Gasteiger partial charge in [0.2, 0.25) is 0 Å². The summed E-state index contributed by atoms with van der Waals surface area (Å²) in [5.74, 6) is 0. The molecule has 0 aliphatic rings. The Balaban J connectivity index is 2.29. The Hall–Kier alpha value is -0.860.